The molecule has 0 atom stereocenters. The van der Waals surface area contributed by atoms with Gasteiger partial charge in [-0.15, -0.1) is 0 Å². The van der Waals surface area contributed by atoms with Crippen LogP contribution in [0, 0.1) is 0 Å². The second-order valence-electron chi connectivity index (χ2n) is 2.16. The van der Waals surface area contributed by atoms with Crippen molar-refractivity contribution in [2.75, 3.05) is 7.11 Å². The van der Waals surface area contributed by atoms with E-state index in [9.17, 15) is 5.11 Å². The minimum absolute atomic E-state index is 0.0158. The zero-order chi connectivity index (χ0) is 8.97. The van der Waals surface area contributed by atoms with Crippen molar-refractivity contribution in [2.45, 2.75) is 0 Å². The molecule has 0 amide bonds. The van der Waals surface area contributed by atoms with Gasteiger partial charge in [0.25, 0.3) is 0 Å². The molecule has 0 saturated heterocycles. The summed E-state index contributed by atoms with van der Waals surface area (Å²) >= 11 is 0. The van der Waals surface area contributed by atoms with Crippen molar-refractivity contribution in [3.63, 3.8) is 0 Å². The number of rotatable bonds is 2. The number of hydrogen-bond donors (Lipinski definition) is 2. The van der Waals surface area contributed by atoms with Crippen molar-refractivity contribution in [2.24, 2.45) is 5.16 Å². The van der Waals surface area contributed by atoms with Gasteiger partial charge in [-0.2, -0.15) is 0 Å². The Morgan fingerprint density at radius 1 is 1.42 bits per heavy atom. The maximum atomic E-state index is 9.21. The molecule has 0 unspecified atom stereocenters. The highest BCUT2D eigenvalue weighted by molar-refractivity contribution is 5.83. The Balaban J connectivity index is 2.94. The van der Waals surface area contributed by atoms with E-state index >= 15 is 0 Å². The third-order valence-corrected chi connectivity index (χ3v) is 1.31. The highest BCUT2D eigenvalue weighted by Crippen LogP contribution is 2.20. The largest absolute Gasteiger partial charge is 0.508 e. The zero-order valence-electron chi connectivity index (χ0n) is 6.56. The van der Waals surface area contributed by atoms with Gasteiger partial charge in [-0.05, 0) is 12.1 Å². The molecule has 1 aromatic rings. The second kappa shape index (κ2) is 3.61. The van der Waals surface area contributed by atoms with E-state index < -0.39 is 0 Å². The van der Waals surface area contributed by atoms with Crippen molar-refractivity contribution < 1.29 is 15.1 Å². The van der Waals surface area contributed by atoms with Gasteiger partial charge in [0, 0.05) is 11.6 Å². The molecular weight excluding hydrogens is 158 g/mol. The molecule has 0 aromatic heterocycles. The number of phenols is 2. The standard InChI is InChI=1S/C8H9NO3/c1-12-9-5-6-2-3-7(10)4-8(6)11/h2-5,10-11H,1H3. The Kier molecular flexibility index (Phi) is 2.53. The number of phenolic OH excluding ortho intramolecular Hbond substituents is 2. The SMILES string of the molecule is CON=Cc1ccc(O)cc1O. The van der Waals surface area contributed by atoms with E-state index in [-0.39, 0.29) is 11.5 Å². The van der Waals surface area contributed by atoms with E-state index in [2.05, 4.69) is 9.99 Å². The molecule has 0 spiro atoms. The van der Waals surface area contributed by atoms with E-state index in [4.69, 9.17) is 5.11 Å². The summed E-state index contributed by atoms with van der Waals surface area (Å²) in [7, 11) is 1.41. The van der Waals surface area contributed by atoms with Gasteiger partial charge in [0.15, 0.2) is 0 Å². The molecule has 0 saturated carbocycles. The monoisotopic (exact) mass is 167 g/mol. The number of hydrogen-bond acceptors (Lipinski definition) is 4. The molecule has 0 radical (unpaired) electrons. The van der Waals surface area contributed by atoms with Gasteiger partial charge in [-0.25, -0.2) is 0 Å². The summed E-state index contributed by atoms with van der Waals surface area (Å²) in [6.07, 6.45) is 1.36. The Labute approximate surface area is 69.7 Å². The summed E-state index contributed by atoms with van der Waals surface area (Å²) < 4.78 is 0. The van der Waals surface area contributed by atoms with Crippen LogP contribution in [0.15, 0.2) is 23.4 Å². The Morgan fingerprint density at radius 2 is 2.17 bits per heavy atom. The fourth-order valence-electron chi connectivity index (χ4n) is 0.751. The zero-order valence-corrected chi connectivity index (χ0v) is 6.56. The van der Waals surface area contributed by atoms with Crippen LogP contribution < -0.4 is 0 Å². The maximum Gasteiger partial charge on any atom is 0.128 e. The van der Waals surface area contributed by atoms with Crippen LogP contribution in [0.4, 0.5) is 0 Å². The molecule has 1 aromatic carbocycles. The average molecular weight is 167 g/mol. The Bertz CT molecular complexity index is 296. The molecule has 0 fully saturated rings. The van der Waals surface area contributed by atoms with Crippen LogP contribution in [-0.4, -0.2) is 23.5 Å². The third kappa shape index (κ3) is 1.88. The molecule has 4 nitrogen and oxygen atoms in total. The van der Waals surface area contributed by atoms with Crippen LogP contribution in [-0.2, 0) is 4.84 Å². The van der Waals surface area contributed by atoms with Crippen molar-refractivity contribution in [3.05, 3.63) is 23.8 Å². The molecule has 12 heavy (non-hydrogen) atoms. The smallest absolute Gasteiger partial charge is 0.128 e. The first kappa shape index (κ1) is 8.39. The lowest BCUT2D eigenvalue weighted by molar-refractivity contribution is 0.215. The topological polar surface area (TPSA) is 62.0 Å². The normalized spacial score (nSPS) is 10.4. The summed E-state index contributed by atoms with van der Waals surface area (Å²) in [5.41, 5.74) is 0.495. The van der Waals surface area contributed by atoms with Crippen LogP contribution in [0.3, 0.4) is 0 Å². The van der Waals surface area contributed by atoms with Gasteiger partial charge in [0.2, 0.25) is 0 Å². The van der Waals surface area contributed by atoms with Gasteiger partial charge in [0.05, 0.1) is 6.21 Å². The van der Waals surface area contributed by atoms with Gasteiger partial charge in [-0.3, -0.25) is 0 Å². The second-order valence-corrected chi connectivity index (χ2v) is 2.16. The third-order valence-electron chi connectivity index (χ3n) is 1.31. The summed E-state index contributed by atoms with van der Waals surface area (Å²) in [6, 6.07) is 4.22. The van der Waals surface area contributed by atoms with E-state index in [0.29, 0.717) is 5.56 Å². The van der Waals surface area contributed by atoms with Gasteiger partial charge < -0.3 is 15.1 Å². The molecule has 1 rings (SSSR count). The van der Waals surface area contributed by atoms with Crippen molar-refractivity contribution in [1.82, 2.24) is 0 Å². The number of benzene rings is 1. The molecule has 0 aliphatic heterocycles. The van der Waals surface area contributed by atoms with Crippen LogP contribution in [0.2, 0.25) is 0 Å². The first-order valence-electron chi connectivity index (χ1n) is 3.32. The number of nitrogens with zero attached hydrogens (tertiary/aromatic N) is 1. The summed E-state index contributed by atoms with van der Waals surface area (Å²) in [5, 5.41) is 21.6. The van der Waals surface area contributed by atoms with Crippen LogP contribution >= 0.6 is 0 Å². The summed E-state index contributed by atoms with van der Waals surface area (Å²) in [6.45, 7) is 0. The fourth-order valence-corrected chi connectivity index (χ4v) is 0.751. The molecular formula is C8H9NO3. The molecule has 0 aliphatic rings. The maximum absolute atomic E-state index is 9.21. The lowest BCUT2D eigenvalue weighted by atomic mass is 10.2. The van der Waals surface area contributed by atoms with Crippen LogP contribution in [0.25, 0.3) is 0 Å². The highest BCUT2D eigenvalue weighted by atomic mass is 16.6. The molecule has 0 aliphatic carbocycles. The van der Waals surface area contributed by atoms with Crippen LogP contribution in [0.5, 0.6) is 11.5 Å². The molecule has 0 bridgehead atoms. The van der Waals surface area contributed by atoms with Crippen molar-refractivity contribution >= 4 is 6.21 Å². The molecule has 2 N–H and O–H groups in total. The van der Waals surface area contributed by atoms with Crippen LogP contribution in [0.1, 0.15) is 5.56 Å². The summed E-state index contributed by atoms with van der Waals surface area (Å²) in [4.78, 5) is 4.43. The highest BCUT2D eigenvalue weighted by Gasteiger charge is 1.98. The summed E-state index contributed by atoms with van der Waals surface area (Å²) in [5.74, 6) is -0.0159. The quantitative estimate of drug-likeness (QED) is 0.511. The lowest BCUT2D eigenvalue weighted by Crippen LogP contribution is -1.82. The van der Waals surface area contributed by atoms with E-state index in [1.807, 2.05) is 0 Å². The average Bonchev–Trinajstić information content (AvgIpc) is 2.03. The molecule has 0 heterocycles. The van der Waals surface area contributed by atoms with Gasteiger partial charge in [-0.1, -0.05) is 5.16 Å². The van der Waals surface area contributed by atoms with Crippen molar-refractivity contribution in [3.8, 4) is 11.5 Å². The van der Waals surface area contributed by atoms with E-state index in [0.717, 1.165) is 0 Å². The minimum atomic E-state index is -0.0317. The minimum Gasteiger partial charge on any atom is -0.508 e. The first-order chi connectivity index (χ1) is 5.74. The van der Waals surface area contributed by atoms with Gasteiger partial charge in [0.1, 0.15) is 18.6 Å². The molecule has 64 valence electrons. The predicted octanol–water partition coefficient (Wildman–Crippen LogP) is 1.08. The number of oxime groups is 1. The van der Waals surface area contributed by atoms with E-state index in [1.54, 1.807) is 0 Å². The van der Waals surface area contributed by atoms with Crippen molar-refractivity contribution in [1.29, 1.82) is 0 Å². The van der Waals surface area contributed by atoms with Gasteiger partial charge >= 0.3 is 0 Å². The number of aromatic hydroxyl groups is 2. The predicted molar refractivity (Wildman–Crippen MR) is 44.4 cm³/mol. The fraction of sp³-hybridized carbons (Fsp3) is 0.125. The lowest BCUT2D eigenvalue weighted by Gasteiger charge is -1.97. The van der Waals surface area contributed by atoms with E-state index in [1.165, 1.54) is 31.5 Å². The Hall–Kier alpha value is -1.71. The Morgan fingerprint density at radius 3 is 2.75 bits per heavy atom. The molecule has 4 heteroatoms. The first-order valence-corrected chi connectivity index (χ1v) is 3.32.